The molecule has 18 heavy (non-hydrogen) atoms. The van der Waals surface area contributed by atoms with Crippen molar-refractivity contribution in [2.24, 2.45) is 0 Å². The molecule has 2 rings (SSSR count). The molecule has 1 aromatic heterocycles. The van der Waals surface area contributed by atoms with Crippen LogP contribution in [0.4, 0.5) is 0 Å². The molecule has 1 amide bonds. The third-order valence-electron chi connectivity index (χ3n) is 2.60. The van der Waals surface area contributed by atoms with Crippen LogP contribution in [0.1, 0.15) is 17.5 Å². The normalized spacial score (nSPS) is 19.6. The molecule has 0 radical (unpaired) electrons. The van der Waals surface area contributed by atoms with Gasteiger partial charge in [-0.1, -0.05) is 0 Å². The number of nitrogens with one attached hydrogen (secondary N) is 2. The van der Waals surface area contributed by atoms with E-state index in [2.05, 4.69) is 25.9 Å². The van der Waals surface area contributed by atoms with Crippen LogP contribution in [0.2, 0.25) is 0 Å². The molecular formula is C9H14N6O3. The van der Waals surface area contributed by atoms with Gasteiger partial charge < -0.3 is 15.0 Å². The first kappa shape index (κ1) is 12.4. The summed E-state index contributed by atoms with van der Waals surface area (Å²) in [6.45, 7) is 3.37. The summed E-state index contributed by atoms with van der Waals surface area (Å²) in [6.07, 6.45) is 0. The van der Waals surface area contributed by atoms with E-state index in [1.165, 1.54) is 4.90 Å². The van der Waals surface area contributed by atoms with E-state index in [4.69, 9.17) is 4.74 Å². The van der Waals surface area contributed by atoms with Crippen molar-refractivity contribution in [3.05, 3.63) is 5.82 Å². The number of ether oxygens (including phenoxy) is 1. The van der Waals surface area contributed by atoms with Crippen LogP contribution in [0.25, 0.3) is 0 Å². The molecule has 0 aliphatic carbocycles. The summed E-state index contributed by atoms with van der Waals surface area (Å²) in [5.74, 6) is -0.906. The van der Waals surface area contributed by atoms with Crippen LogP contribution >= 0.6 is 0 Å². The van der Waals surface area contributed by atoms with E-state index in [1.807, 2.05) is 0 Å². The Kier molecular flexibility index (Phi) is 3.82. The smallest absolute Gasteiger partial charge is 0.330 e. The third-order valence-corrected chi connectivity index (χ3v) is 2.60. The Morgan fingerprint density at radius 2 is 2.39 bits per heavy atom. The van der Waals surface area contributed by atoms with Crippen LogP contribution in [0, 0.1) is 0 Å². The number of amides is 1. The van der Waals surface area contributed by atoms with E-state index in [0.29, 0.717) is 19.6 Å². The molecule has 0 aromatic carbocycles. The highest BCUT2D eigenvalue weighted by atomic mass is 16.5. The molecule has 2 heterocycles. The molecule has 9 nitrogen and oxygen atoms in total. The molecule has 1 fully saturated rings. The maximum Gasteiger partial charge on any atom is 0.330 e. The lowest BCUT2D eigenvalue weighted by Crippen LogP contribution is -2.57. The average Bonchev–Trinajstić information content (AvgIpc) is 2.92. The van der Waals surface area contributed by atoms with E-state index in [-0.39, 0.29) is 12.4 Å². The van der Waals surface area contributed by atoms with Gasteiger partial charge in [-0.3, -0.25) is 4.79 Å². The number of carbonyl (C=O) groups is 2. The van der Waals surface area contributed by atoms with Crippen molar-refractivity contribution in [1.29, 1.82) is 0 Å². The molecule has 98 valence electrons. The third kappa shape index (κ3) is 2.45. The highest BCUT2D eigenvalue weighted by Gasteiger charge is 2.35. The first-order chi connectivity index (χ1) is 8.74. The largest absolute Gasteiger partial charge is 0.464 e. The number of piperazine rings is 1. The zero-order chi connectivity index (χ0) is 13.0. The number of aromatic amines is 1. The second-order valence-electron chi connectivity index (χ2n) is 3.71. The summed E-state index contributed by atoms with van der Waals surface area (Å²) >= 11 is 0. The predicted octanol–water partition coefficient (Wildman–Crippen LogP) is -1.82. The van der Waals surface area contributed by atoms with Crippen molar-refractivity contribution in [1.82, 2.24) is 30.8 Å². The second-order valence-corrected chi connectivity index (χ2v) is 3.71. The van der Waals surface area contributed by atoms with Gasteiger partial charge in [-0.05, 0) is 12.1 Å². The summed E-state index contributed by atoms with van der Waals surface area (Å²) in [5.41, 5.74) is 0. The van der Waals surface area contributed by atoms with Crippen molar-refractivity contribution < 1.29 is 14.3 Å². The van der Waals surface area contributed by atoms with Crippen LogP contribution in [0.15, 0.2) is 0 Å². The average molecular weight is 254 g/mol. The monoisotopic (exact) mass is 254 g/mol. The Balaban J connectivity index is 2.12. The van der Waals surface area contributed by atoms with Gasteiger partial charge >= 0.3 is 5.97 Å². The van der Waals surface area contributed by atoms with Crippen molar-refractivity contribution in [2.75, 3.05) is 26.2 Å². The maximum absolute atomic E-state index is 12.1. The second kappa shape index (κ2) is 5.54. The van der Waals surface area contributed by atoms with E-state index in [9.17, 15) is 9.59 Å². The minimum absolute atomic E-state index is 0.0498. The Morgan fingerprint density at radius 3 is 3.06 bits per heavy atom. The summed E-state index contributed by atoms with van der Waals surface area (Å²) in [7, 11) is 0. The molecule has 1 unspecified atom stereocenters. The van der Waals surface area contributed by atoms with Gasteiger partial charge in [0.1, 0.15) is 6.04 Å². The van der Waals surface area contributed by atoms with Crippen LogP contribution in [-0.4, -0.2) is 69.7 Å². The van der Waals surface area contributed by atoms with Gasteiger partial charge in [-0.2, -0.15) is 5.21 Å². The number of hydrogen-bond acceptors (Lipinski definition) is 7. The Morgan fingerprint density at radius 1 is 1.56 bits per heavy atom. The highest BCUT2D eigenvalue weighted by Crippen LogP contribution is 2.08. The summed E-state index contributed by atoms with van der Waals surface area (Å²) in [5, 5.41) is 15.8. The minimum atomic E-state index is -0.648. The van der Waals surface area contributed by atoms with E-state index >= 15 is 0 Å². The fourth-order valence-electron chi connectivity index (χ4n) is 1.78. The van der Waals surface area contributed by atoms with Crippen molar-refractivity contribution in [3.8, 4) is 0 Å². The zero-order valence-corrected chi connectivity index (χ0v) is 9.92. The van der Waals surface area contributed by atoms with Gasteiger partial charge in [0.25, 0.3) is 11.7 Å². The zero-order valence-electron chi connectivity index (χ0n) is 9.92. The molecule has 1 aromatic rings. The molecule has 2 N–H and O–H groups in total. The Hall–Kier alpha value is -2.03. The first-order valence-corrected chi connectivity index (χ1v) is 5.65. The van der Waals surface area contributed by atoms with Gasteiger partial charge in [-0.15, -0.1) is 10.2 Å². The summed E-state index contributed by atoms with van der Waals surface area (Å²) in [4.78, 5) is 25.2. The number of esters is 1. The number of tetrazole rings is 1. The molecule has 9 heteroatoms. The number of nitrogens with zero attached hydrogens (tertiary/aromatic N) is 4. The number of hydrogen-bond donors (Lipinski definition) is 2. The molecular weight excluding hydrogens is 240 g/mol. The van der Waals surface area contributed by atoms with E-state index < -0.39 is 17.9 Å². The van der Waals surface area contributed by atoms with E-state index in [1.54, 1.807) is 6.92 Å². The lowest BCUT2D eigenvalue weighted by atomic mass is 10.2. The summed E-state index contributed by atoms with van der Waals surface area (Å²) in [6, 6.07) is -0.648. The van der Waals surface area contributed by atoms with Crippen LogP contribution in [0.3, 0.4) is 0 Å². The lowest BCUT2D eigenvalue weighted by molar-refractivity contribution is -0.149. The van der Waals surface area contributed by atoms with Gasteiger partial charge in [0.2, 0.25) is 0 Å². The topological polar surface area (TPSA) is 113 Å². The molecule has 1 aliphatic rings. The van der Waals surface area contributed by atoms with Crippen molar-refractivity contribution >= 4 is 11.9 Å². The van der Waals surface area contributed by atoms with Crippen molar-refractivity contribution in [3.63, 3.8) is 0 Å². The van der Waals surface area contributed by atoms with Gasteiger partial charge in [0, 0.05) is 19.6 Å². The highest BCUT2D eigenvalue weighted by molar-refractivity contribution is 5.93. The van der Waals surface area contributed by atoms with Crippen molar-refractivity contribution in [2.45, 2.75) is 13.0 Å². The van der Waals surface area contributed by atoms with Crippen LogP contribution in [-0.2, 0) is 9.53 Å². The molecule has 1 atom stereocenters. The number of aromatic nitrogens is 4. The number of rotatable bonds is 3. The van der Waals surface area contributed by atoms with Crippen LogP contribution < -0.4 is 5.32 Å². The molecule has 0 spiro atoms. The SMILES string of the molecule is CCOC(=O)C1CNCCN1C(=O)c1nn[nH]n1. The van der Waals surface area contributed by atoms with Crippen LogP contribution in [0.5, 0.6) is 0 Å². The minimum Gasteiger partial charge on any atom is -0.464 e. The number of H-pyrrole nitrogens is 1. The van der Waals surface area contributed by atoms with Gasteiger partial charge in [0.15, 0.2) is 0 Å². The number of carbonyl (C=O) groups excluding carboxylic acids is 2. The van der Waals surface area contributed by atoms with Gasteiger partial charge in [-0.25, -0.2) is 4.79 Å². The Bertz CT molecular complexity index is 420. The molecule has 1 saturated heterocycles. The molecule has 0 bridgehead atoms. The molecule has 0 saturated carbocycles. The lowest BCUT2D eigenvalue weighted by Gasteiger charge is -2.33. The maximum atomic E-state index is 12.1. The summed E-state index contributed by atoms with van der Waals surface area (Å²) < 4.78 is 4.94. The Labute approximate surface area is 103 Å². The quantitative estimate of drug-likeness (QED) is 0.610. The van der Waals surface area contributed by atoms with E-state index in [0.717, 1.165) is 0 Å². The fourth-order valence-corrected chi connectivity index (χ4v) is 1.78. The first-order valence-electron chi connectivity index (χ1n) is 5.65. The predicted molar refractivity (Wildman–Crippen MR) is 58.5 cm³/mol. The molecule has 1 aliphatic heterocycles. The fraction of sp³-hybridized carbons (Fsp3) is 0.667. The van der Waals surface area contributed by atoms with Gasteiger partial charge in [0.05, 0.1) is 6.61 Å². The standard InChI is InChI=1S/C9H14N6O3/c1-2-18-9(17)6-5-10-3-4-15(6)8(16)7-11-13-14-12-7/h6,10H,2-5H2,1H3,(H,11,12,13,14).